The topological polar surface area (TPSA) is 40.5 Å². The molecule has 0 unspecified atom stereocenters. The van der Waals surface area contributed by atoms with Crippen LogP contribution in [0.5, 0.6) is 5.75 Å². The van der Waals surface area contributed by atoms with E-state index in [1.807, 2.05) is 17.9 Å². The van der Waals surface area contributed by atoms with Crippen molar-refractivity contribution in [3.05, 3.63) is 29.8 Å². The average Bonchev–Trinajstić information content (AvgIpc) is 3.03. The van der Waals surface area contributed by atoms with Crippen LogP contribution in [0.25, 0.3) is 0 Å². The number of likely N-dealkylation sites (N-methyl/N-ethyl adjacent to an activating group) is 1. The number of carbonyl (C=O) groups is 1. The number of amides is 1. The molecule has 1 aliphatic carbocycles. The monoisotopic (exact) mass is 219 g/mol. The minimum Gasteiger partial charge on any atom is -0.508 e. The van der Waals surface area contributed by atoms with Gasteiger partial charge in [-0.2, -0.15) is 0 Å². The highest BCUT2D eigenvalue weighted by Crippen LogP contribution is 2.27. The molecule has 2 rings (SSSR count). The fourth-order valence-corrected chi connectivity index (χ4v) is 1.97. The Balaban J connectivity index is 2.00. The van der Waals surface area contributed by atoms with Crippen molar-refractivity contribution >= 4 is 5.91 Å². The lowest BCUT2D eigenvalue weighted by Crippen LogP contribution is -2.33. The fourth-order valence-electron chi connectivity index (χ4n) is 1.97. The molecule has 3 heteroatoms. The van der Waals surface area contributed by atoms with Gasteiger partial charge in [0.25, 0.3) is 0 Å². The molecule has 1 aromatic rings. The van der Waals surface area contributed by atoms with Crippen molar-refractivity contribution in [2.75, 3.05) is 6.54 Å². The first-order valence-electron chi connectivity index (χ1n) is 5.78. The average molecular weight is 219 g/mol. The second-order valence-corrected chi connectivity index (χ2v) is 4.26. The maximum absolute atomic E-state index is 12.0. The van der Waals surface area contributed by atoms with Crippen LogP contribution in [0.15, 0.2) is 24.3 Å². The molecule has 1 aromatic carbocycles. The Hall–Kier alpha value is -1.51. The first-order valence-corrected chi connectivity index (χ1v) is 5.78. The first kappa shape index (κ1) is 11.0. The maximum Gasteiger partial charge on any atom is 0.227 e. The Morgan fingerprint density at radius 1 is 1.50 bits per heavy atom. The second-order valence-electron chi connectivity index (χ2n) is 4.26. The smallest absolute Gasteiger partial charge is 0.227 e. The zero-order chi connectivity index (χ0) is 11.5. The van der Waals surface area contributed by atoms with Crippen LogP contribution in [0.2, 0.25) is 0 Å². The Morgan fingerprint density at radius 3 is 2.81 bits per heavy atom. The molecule has 0 spiro atoms. The van der Waals surface area contributed by atoms with Crippen LogP contribution in [-0.2, 0) is 11.2 Å². The van der Waals surface area contributed by atoms with Crippen molar-refractivity contribution in [3.63, 3.8) is 0 Å². The number of benzene rings is 1. The standard InChI is InChI=1S/C13H17NO2/c1-2-14(11-6-7-11)13(16)9-10-4-3-5-12(15)8-10/h3-5,8,11,15H,2,6-7,9H2,1H3. The second kappa shape index (κ2) is 4.56. The van der Waals surface area contributed by atoms with Crippen LogP contribution in [-0.4, -0.2) is 28.5 Å². The van der Waals surface area contributed by atoms with E-state index in [0.717, 1.165) is 24.9 Å². The number of aromatic hydroxyl groups is 1. The summed E-state index contributed by atoms with van der Waals surface area (Å²) < 4.78 is 0. The summed E-state index contributed by atoms with van der Waals surface area (Å²) in [6.45, 7) is 2.79. The van der Waals surface area contributed by atoms with E-state index in [2.05, 4.69) is 0 Å². The molecule has 1 aliphatic rings. The summed E-state index contributed by atoms with van der Waals surface area (Å²) in [5.74, 6) is 0.385. The molecule has 1 N–H and O–H groups in total. The number of carbonyl (C=O) groups excluding carboxylic acids is 1. The van der Waals surface area contributed by atoms with Crippen LogP contribution >= 0.6 is 0 Å². The first-order chi connectivity index (χ1) is 7.70. The van der Waals surface area contributed by atoms with E-state index >= 15 is 0 Å². The van der Waals surface area contributed by atoms with E-state index in [1.165, 1.54) is 0 Å². The van der Waals surface area contributed by atoms with Gasteiger partial charge in [0.1, 0.15) is 5.75 Å². The van der Waals surface area contributed by atoms with Crippen LogP contribution in [0, 0.1) is 0 Å². The zero-order valence-electron chi connectivity index (χ0n) is 9.52. The van der Waals surface area contributed by atoms with Gasteiger partial charge in [-0.25, -0.2) is 0 Å². The van der Waals surface area contributed by atoms with Gasteiger partial charge in [0.05, 0.1) is 6.42 Å². The molecule has 1 saturated carbocycles. The van der Waals surface area contributed by atoms with Crippen LogP contribution in [0.4, 0.5) is 0 Å². The minimum atomic E-state index is 0.163. The Bertz CT molecular complexity index is 385. The maximum atomic E-state index is 12.0. The summed E-state index contributed by atoms with van der Waals surface area (Å²) in [5.41, 5.74) is 0.879. The highest BCUT2D eigenvalue weighted by Gasteiger charge is 2.30. The number of phenols is 1. The number of hydrogen-bond acceptors (Lipinski definition) is 2. The van der Waals surface area contributed by atoms with E-state index < -0.39 is 0 Å². The van der Waals surface area contributed by atoms with E-state index in [0.29, 0.717) is 12.5 Å². The molecular weight excluding hydrogens is 202 g/mol. The third-order valence-corrected chi connectivity index (χ3v) is 2.91. The third kappa shape index (κ3) is 2.54. The van der Waals surface area contributed by atoms with Gasteiger partial charge in [-0.1, -0.05) is 12.1 Å². The number of hydrogen-bond donors (Lipinski definition) is 1. The Kier molecular flexibility index (Phi) is 3.13. The van der Waals surface area contributed by atoms with Gasteiger partial charge in [0, 0.05) is 12.6 Å². The van der Waals surface area contributed by atoms with Crippen molar-refractivity contribution in [2.45, 2.75) is 32.2 Å². The largest absolute Gasteiger partial charge is 0.508 e. The zero-order valence-corrected chi connectivity index (χ0v) is 9.52. The summed E-state index contributed by atoms with van der Waals surface area (Å²) in [5, 5.41) is 9.32. The summed E-state index contributed by atoms with van der Waals surface area (Å²) in [6.07, 6.45) is 2.66. The molecular formula is C13H17NO2. The summed E-state index contributed by atoms with van der Waals surface area (Å²) >= 11 is 0. The van der Waals surface area contributed by atoms with Crippen LogP contribution in [0.3, 0.4) is 0 Å². The van der Waals surface area contributed by atoms with Crippen LogP contribution < -0.4 is 0 Å². The molecule has 0 atom stereocenters. The van der Waals surface area contributed by atoms with E-state index in [4.69, 9.17) is 0 Å². The van der Waals surface area contributed by atoms with Gasteiger partial charge in [0.15, 0.2) is 0 Å². The summed E-state index contributed by atoms with van der Waals surface area (Å²) in [7, 11) is 0. The molecule has 1 amide bonds. The van der Waals surface area contributed by atoms with Crippen molar-refractivity contribution in [1.29, 1.82) is 0 Å². The quantitative estimate of drug-likeness (QED) is 0.840. The van der Waals surface area contributed by atoms with Gasteiger partial charge >= 0.3 is 0 Å². The Morgan fingerprint density at radius 2 is 2.25 bits per heavy atom. The van der Waals surface area contributed by atoms with Crippen molar-refractivity contribution < 1.29 is 9.90 Å². The molecule has 0 radical (unpaired) electrons. The molecule has 3 nitrogen and oxygen atoms in total. The molecule has 86 valence electrons. The third-order valence-electron chi connectivity index (χ3n) is 2.91. The lowest BCUT2D eigenvalue weighted by Gasteiger charge is -2.20. The lowest BCUT2D eigenvalue weighted by molar-refractivity contribution is -0.130. The SMILES string of the molecule is CCN(C(=O)Cc1cccc(O)c1)C1CC1. The van der Waals surface area contributed by atoms with E-state index in [1.54, 1.807) is 18.2 Å². The molecule has 1 fully saturated rings. The van der Waals surface area contributed by atoms with Gasteiger partial charge < -0.3 is 10.0 Å². The molecule has 0 heterocycles. The number of phenolic OH excluding ortho intramolecular Hbond substituents is 1. The van der Waals surface area contributed by atoms with Gasteiger partial charge in [-0.15, -0.1) is 0 Å². The van der Waals surface area contributed by atoms with Crippen LogP contribution in [0.1, 0.15) is 25.3 Å². The molecule has 0 bridgehead atoms. The van der Waals surface area contributed by atoms with Gasteiger partial charge in [-0.3, -0.25) is 4.79 Å². The lowest BCUT2D eigenvalue weighted by atomic mass is 10.1. The number of nitrogens with zero attached hydrogens (tertiary/aromatic N) is 1. The number of rotatable bonds is 4. The predicted molar refractivity (Wildman–Crippen MR) is 62.2 cm³/mol. The Labute approximate surface area is 95.7 Å². The van der Waals surface area contributed by atoms with Crippen molar-refractivity contribution in [1.82, 2.24) is 4.90 Å². The minimum absolute atomic E-state index is 0.163. The molecule has 0 saturated heterocycles. The van der Waals surface area contributed by atoms with Gasteiger partial charge in [0.2, 0.25) is 5.91 Å². The predicted octanol–water partition coefficient (Wildman–Crippen LogP) is 1.95. The van der Waals surface area contributed by atoms with Gasteiger partial charge in [-0.05, 0) is 37.5 Å². The highest BCUT2D eigenvalue weighted by atomic mass is 16.3. The molecule has 0 aromatic heterocycles. The summed E-state index contributed by atoms with van der Waals surface area (Å²) in [6, 6.07) is 7.38. The van der Waals surface area contributed by atoms with Crippen molar-refractivity contribution in [3.8, 4) is 5.75 Å². The van der Waals surface area contributed by atoms with Crippen molar-refractivity contribution in [2.24, 2.45) is 0 Å². The normalized spacial score (nSPS) is 14.8. The summed E-state index contributed by atoms with van der Waals surface area (Å²) in [4.78, 5) is 13.9. The van der Waals surface area contributed by atoms with E-state index in [-0.39, 0.29) is 11.7 Å². The highest BCUT2D eigenvalue weighted by molar-refractivity contribution is 5.79. The fraction of sp³-hybridized carbons (Fsp3) is 0.462. The molecule has 16 heavy (non-hydrogen) atoms. The molecule has 0 aliphatic heterocycles. The van der Waals surface area contributed by atoms with E-state index in [9.17, 15) is 9.90 Å².